The number of aldehydes is 1. The summed E-state index contributed by atoms with van der Waals surface area (Å²) in [4.78, 5) is 12.8. The summed E-state index contributed by atoms with van der Waals surface area (Å²) in [5.74, 6) is 0. The van der Waals surface area contributed by atoms with Gasteiger partial charge in [-0.3, -0.25) is 4.79 Å². The summed E-state index contributed by atoms with van der Waals surface area (Å²) < 4.78 is 1.80. The Morgan fingerprint density at radius 3 is 3.14 bits per heavy atom. The van der Waals surface area contributed by atoms with Crippen molar-refractivity contribution in [1.29, 1.82) is 0 Å². The van der Waals surface area contributed by atoms with E-state index in [4.69, 9.17) is 0 Å². The Balaban J connectivity index is 2.05. The molecule has 5 nitrogen and oxygen atoms in total. The highest BCUT2D eigenvalue weighted by Gasteiger charge is 2.23. The Bertz CT molecular complexity index is 322. The number of carbonyl (C=O) groups is 1. The number of likely N-dealkylation sites (N-methyl/N-ethyl adjacent to an activating group) is 1. The Morgan fingerprint density at radius 2 is 2.57 bits per heavy atom. The molecule has 1 aliphatic heterocycles. The van der Waals surface area contributed by atoms with Gasteiger partial charge in [-0.05, 0) is 13.0 Å². The van der Waals surface area contributed by atoms with Crippen LogP contribution in [0.3, 0.4) is 0 Å². The topological polar surface area (TPSA) is 51.0 Å². The Kier molecular flexibility index (Phi) is 2.58. The molecule has 2 heterocycles. The van der Waals surface area contributed by atoms with Crippen LogP contribution in [0.15, 0.2) is 6.20 Å². The summed E-state index contributed by atoms with van der Waals surface area (Å²) in [6, 6.07) is 0.385. The molecule has 0 aliphatic carbocycles. The lowest BCUT2D eigenvalue weighted by molar-refractivity contribution is 0.111. The van der Waals surface area contributed by atoms with Crippen LogP contribution >= 0.6 is 0 Å². The molecule has 0 bridgehead atoms. The first kappa shape index (κ1) is 9.33. The van der Waals surface area contributed by atoms with E-state index in [-0.39, 0.29) is 0 Å². The zero-order valence-electron chi connectivity index (χ0n) is 8.26. The standard InChI is InChI=1S/C9H14N4O/c1-2-12-4-3-9(6-12)13-5-8(7-14)10-11-13/h5,7,9H,2-4,6H2,1H3/t9-/m0/s1. The van der Waals surface area contributed by atoms with Crippen molar-refractivity contribution in [1.82, 2.24) is 19.9 Å². The molecule has 1 aliphatic rings. The molecule has 76 valence electrons. The summed E-state index contributed by atoms with van der Waals surface area (Å²) in [6.07, 6.45) is 3.54. The first-order chi connectivity index (χ1) is 6.83. The fraction of sp³-hybridized carbons (Fsp3) is 0.667. The van der Waals surface area contributed by atoms with Gasteiger partial charge in [-0.25, -0.2) is 4.68 Å². The van der Waals surface area contributed by atoms with E-state index in [2.05, 4.69) is 22.1 Å². The lowest BCUT2D eigenvalue weighted by Crippen LogP contribution is -2.21. The van der Waals surface area contributed by atoms with Crippen LogP contribution in [0.1, 0.15) is 29.9 Å². The molecule has 0 spiro atoms. The fourth-order valence-electron chi connectivity index (χ4n) is 1.84. The van der Waals surface area contributed by atoms with Crippen molar-refractivity contribution < 1.29 is 4.79 Å². The number of rotatable bonds is 3. The van der Waals surface area contributed by atoms with Gasteiger partial charge in [0.25, 0.3) is 0 Å². The van der Waals surface area contributed by atoms with Gasteiger partial charge in [-0.1, -0.05) is 12.1 Å². The van der Waals surface area contributed by atoms with Crippen LogP contribution in [0.25, 0.3) is 0 Å². The van der Waals surface area contributed by atoms with Crippen molar-refractivity contribution >= 4 is 6.29 Å². The van der Waals surface area contributed by atoms with Crippen LogP contribution in [-0.4, -0.2) is 45.8 Å². The van der Waals surface area contributed by atoms with E-state index in [1.165, 1.54) is 0 Å². The quantitative estimate of drug-likeness (QED) is 0.652. The summed E-state index contributed by atoms with van der Waals surface area (Å²) in [5.41, 5.74) is 0.417. The highest BCUT2D eigenvalue weighted by atomic mass is 16.1. The average Bonchev–Trinajstić information content (AvgIpc) is 2.86. The highest BCUT2D eigenvalue weighted by molar-refractivity contribution is 5.70. The maximum Gasteiger partial charge on any atom is 0.171 e. The smallest absolute Gasteiger partial charge is 0.171 e. The normalized spacial score (nSPS) is 22.8. The SMILES string of the molecule is CCN1CC[C@H](n2cc(C=O)nn2)C1. The molecule has 1 aromatic rings. The first-order valence-corrected chi connectivity index (χ1v) is 4.93. The second-order valence-electron chi connectivity index (χ2n) is 3.58. The van der Waals surface area contributed by atoms with Crippen molar-refractivity contribution in [3.63, 3.8) is 0 Å². The predicted octanol–water partition coefficient (Wildman–Crippen LogP) is 0.357. The fourth-order valence-corrected chi connectivity index (χ4v) is 1.84. The summed E-state index contributed by atoms with van der Waals surface area (Å²) in [5, 5.41) is 7.70. The van der Waals surface area contributed by atoms with Gasteiger partial charge in [0.05, 0.1) is 12.2 Å². The van der Waals surface area contributed by atoms with E-state index in [0.29, 0.717) is 11.7 Å². The van der Waals surface area contributed by atoms with Crippen molar-refractivity contribution in [3.05, 3.63) is 11.9 Å². The van der Waals surface area contributed by atoms with Crippen molar-refractivity contribution in [3.8, 4) is 0 Å². The molecule has 14 heavy (non-hydrogen) atoms. The Hall–Kier alpha value is -1.23. The maximum atomic E-state index is 10.4. The molecule has 1 saturated heterocycles. The Labute approximate surface area is 82.7 Å². The largest absolute Gasteiger partial charge is 0.301 e. The molecule has 0 unspecified atom stereocenters. The van der Waals surface area contributed by atoms with E-state index in [1.54, 1.807) is 10.9 Å². The number of carbonyl (C=O) groups excluding carboxylic acids is 1. The van der Waals surface area contributed by atoms with Crippen LogP contribution in [0, 0.1) is 0 Å². The Morgan fingerprint density at radius 1 is 1.71 bits per heavy atom. The van der Waals surface area contributed by atoms with Gasteiger partial charge in [-0.15, -0.1) is 5.10 Å². The summed E-state index contributed by atoms with van der Waals surface area (Å²) in [7, 11) is 0. The van der Waals surface area contributed by atoms with E-state index >= 15 is 0 Å². The number of likely N-dealkylation sites (tertiary alicyclic amines) is 1. The second-order valence-corrected chi connectivity index (χ2v) is 3.58. The van der Waals surface area contributed by atoms with E-state index in [9.17, 15) is 4.79 Å². The zero-order valence-corrected chi connectivity index (χ0v) is 8.26. The van der Waals surface area contributed by atoms with E-state index in [0.717, 1.165) is 32.3 Å². The summed E-state index contributed by atoms with van der Waals surface area (Å²) >= 11 is 0. The minimum Gasteiger partial charge on any atom is -0.301 e. The molecular weight excluding hydrogens is 180 g/mol. The molecule has 1 atom stereocenters. The maximum absolute atomic E-state index is 10.4. The molecule has 5 heteroatoms. The van der Waals surface area contributed by atoms with Gasteiger partial charge < -0.3 is 4.90 Å². The third-order valence-corrected chi connectivity index (χ3v) is 2.72. The van der Waals surface area contributed by atoms with Gasteiger partial charge in [0.2, 0.25) is 0 Å². The van der Waals surface area contributed by atoms with Crippen molar-refractivity contribution in [2.24, 2.45) is 0 Å². The predicted molar refractivity (Wildman–Crippen MR) is 51.2 cm³/mol. The van der Waals surface area contributed by atoms with E-state index in [1.807, 2.05) is 0 Å². The van der Waals surface area contributed by atoms with E-state index < -0.39 is 0 Å². The first-order valence-electron chi connectivity index (χ1n) is 4.93. The molecule has 0 saturated carbocycles. The molecule has 2 rings (SSSR count). The van der Waals surface area contributed by atoms with Gasteiger partial charge >= 0.3 is 0 Å². The van der Waals surface area contributed by atoms with Crippen LogP contribution in [0.2, 0.25) is 0 Å². The number of hydrogen-bond donors (Lipinski definition) is 0. The monoisotopic (exact) mass is 194 g/mol. The van der Waals surface area contributed by atoms with Gasteiger partial charge in [0, 0.05) is 13.1 Å². The molecule has 1 aromatic heterocycles. The number of aromatic nitrogens is 3. The third-order valence-electron chi connectivity index (χ3n) is 2.72. The molecule has 0 amide bonds. The van der Waals surface area contributed by atoms with Crippen LogP contribution in [-0.2, 0) is 0 Å². The molecule has 0 radical (unpaired) electrons. The molecular formula is C9H14N4O. The number of nitrogens with zero attached hydrogens (tertiary/aromatic N) is 4. The lowest BCUT2D eigenvalue weighted by atomic mass is 10.3. The van der Waals surface area contributed by atoms with Crippen molar-refractivity contribution in [2.45, 2.75) is 19.4 Å². The van der Waals surface area contributed by atoms with Gasteiger partial charge in [0.15, 0.2) is 6.29 Å². The zero-order chi connectivity index (χ0) is 9.97. The van der Waals surface area contributed by atoms with Crippen LogP contribution in [0.4, 0.5) is 0 Å². The lowest BCUT2D eigenvalue weighted by Gasteiger charge is -2.12. The van der Waals surface area contributed by atoms with Gasteiger partial charge in [0.1, 0.15) is 5.69 Å². The minimum atomic E-state index is 0.385. The molecule has 1 fully saturated rings. The molecule has 0 aromatic carbocycles. The average molecular weight is 194 g/mol. The van der Waals surface area contributed by atoms with Crippen molar-refractivity contribution in [2.75, 3.05) is 19.6 Å². The minimum absolute atomic E-state index is 0.385. The van der Waals surface area contributed by atoms with Crippen LogP contribution < -0.4 is 0 Å². The van der Waals surface area contributed by atoms with Crippen LogP contribution in [0.5, 0.6) is 0 Å². The van der Waals surface area contributed by atoms with Gasteiger partial charge in [-0.2, -0.15) is 0 Å². The summed E-state index contributed by atoms with van der Waals surface area (Å²) in [6.45, 7) is 5.35. The third kappa shape index (κ3) is 1.68. The number of hydrogen-bond acceptors (Lipinski definition) is 4. The molecule has 0 N–H and O–H groups in total. The highest BCUT2D eigenvalue weighted by Crippen LogP contribution is 2.19. The second kappa shape index (κ2) is 3.88.